The molecular formula is C14H22ClN3O. The third-order valence-corrected chi connectivity index (χ3v) is 3.75. The van der Waals surface area contributed by atoms with Gasteiger partial charge in [-0.1, -0.05) is 18.5 Å². The molecule has 0 bridgehead atoms. The summed E-state index contributed by atoms with van der Waals surface area (Å²) < 4.78 is 5.38. The predicted molar refractivity (Wildman–Crippen MR) is 78.7 cm³/mol. The number of anilines is 1. The van der Waals surface area contributed by atoms with E-state index in [2.05, 4.69) is 22.1 Å². The van der Waals surface area contributed by atoms with Gasteiger partial charge in [-0.25, -0.2) is 4.98 Å². The van der Waals surface area contributed by atoms with Crippen LogP contribution in [0.25, 0.3) is 0 Å². The summed E-state index contributed by atoms with van der Waals surface area (Å²) in [6, 6.07) is 3.86. The Bertz CT molecular complexity index is 414. The molecule has 1 fully saturated rings. The fourth-order valence-corrected chi connectivity index (χ4v) is 2.46. The third-order valence-electron chi connectivity index (χ3n) is 3.41. The topological polar surface area (TPSA) is 37.4 Å². The largest absolute Gasteiger partial charge is 0.380 e. The highest BCUT2D eigenvalue weighted by Crippen LogP contribution is 2.21. The minimum Gasteiger partial charge on any atom is -0.380 e. The Morgan fingerprint density at radius 1 is 1.53 bits per heavy atom. The van der Waals surface area contributed by atoms with Crippen molar-refractivity contribution in [1.29, 1.82) is 0 Å². The minimum atomic E-state index is 0.347. The Balaban J connectivity index is 1.98. The molecule has 19 heavy (non-hydrogen) atoms. The maximum absolute atomic E-state index is 6.23. The zero-order valence-corrected chi connectivity index (χ0v) is 12.4. The number of ether oxygens (including phenoxy) is 1. The van der Waals surface area contributed by atoms with Crippen molar-refractivity contribution in [3.63, 3.8) is 0 Å². The van der Waals surface area contributed by atoms with Crippen LogP contribution in [0.3, 0.4) is 0 Å². The van der Waals surface area contributed by atoms with E-state index in [1.807, 2.05) is 12.1 Å². The van der Waals surface area contributed by atoms with Gasteiger partial charge in [0, 0.05) is 33.3 Å². The number of hydrogen-bond acceptors (Lipinski definition) is 4. The molecule has 1 aliphatic heterocycles. The molecule has 1 unspecified atom stereocenters. The average Bonchev–Trinajstić information content (AvgIpc) is 2.87. The first kappa shape index (κ1) is 14.6. The number of aromatic nitrogens is 1. The van der Waals surface area contributed by atoms with E-state index >= 15 is 0 Å². The van der Waals surface area contributed by atoms with E-state index in [0.717, 1.165) is 55.6 Å². The summed E-state index contributed by atoms with van der Waals surface area (Å²) in [4.78, 5) is 6.94. The van der Waals surface area contributed by atoms with Crippen LogP contribution in [0.4, 0.5) is 5.82 Å². The number of hydrogen-bond donors (Lipinski definition) is 1. The van der Waals surface area contributed by atoms with E-state index < -0.39 is 0 Å². The number of nitrogens with zero attached hydrogens (tertiary/aromatic N) is 2. The van der Waals surface area contributed by atoms with Gasteiger partial charge in [0.1, 0.15) is 5.82 Å². The Hall–Kier alpha value is -0.840. The molecule has 1 aromatic heterocycles. The molecule has 2 rings (SSSR count). The first-order valence-electron chi connectivity index (χ1n) is 6.87. The number of likely N-dealkylation sites (tertiary alicyclic amines) is 1. The van der Waals surface area contributed by atoms with Gasteiger partial charge >= 0.3 is 0 Å². The smallest absolute Gasteiger partial charge is 0.126 e. The Morgan fingerprint density at radius 2 is 2.37 bits per heavy atom. The average molecular weight is 284 g/mol. The quantitative estimate of drug-likeness (QED) is 0.871. The first-order valence-corrected chi connectivity index (χ1v) is 7.25. The molecule has 1 aromatic rings. The van der Waals surface area contributed by atoms with Gasteiger partial charge in [-0.2, -0.15) is 0 Å². The van der Waals surface area contributed by atoms with Crippen molar-refractivity contribution >= 4 is 17.4 Å². The van der Waals surface area contributed by atoms with Crippen molar-refractivity contribution < 1.29 is 4.74 Å². The summed E-state index contributed by atoms with van der Waals surface area (Å²) in [6.45, 7) is 5.87. The second kappa shape index (κ2) is 7.08. The lowest BCUT2D eigenvalue weighted by molar-refractivity contribution is 0.107. The van der Waals surface area contributed by atoms with Crippen LogP contribution in [-0.4, -0.2) is 42.7 Å². The van der Waals surface area contributed by atoms with Crippen molar-refractivity contribution in [2.24, 2.45) is 0 Å². The monoisotopic (exact) mass is 283 g/mol. The van der Waals surface area contributed by atoms with Gasteiger partial charge in [-0.3, -0.25) is 4.90 Å². The molecular weight excluding hydrogens is 262 g/mol. The molecule has 0 saturated carbocycles. The van der Waals surface area contributed by atoms with Crippen molar-refractivity contribution in [2.75, 3.05) is 32.1 Å². The first-order chi connectivity index (χ1) is 9.22. The van der Waals surface area contributed by atoms with Gasteiger partial charge < -0.3 is 10.1 Å². The molecule has 0 aromatic carbocycles. The Morgan fingerprint density at radius 3 is 3.05 bits per heavy atom. The van der Waals surface area contributed by atoms with Gasteiger partial charge in [-0.15, -0.1) is 0 Å². The second-order valence-electron chi connectivity index (χ2n) is 4.93. The molecule has 0 amide bonds. The van der Waals surface area contributed by atoms with Crippen molar-refractivity contribution in [3.8, 4) is 0 Å². The van der Waals surface area contributed by atoms with Crippen LogP contribution in [0.1, 0.15) is 25.5 Å². The number of methoxy groups -OCH3 is 1. The van der Waals surface area contributed by atoms with Crippen LogP contribution in [0.2, 0.25) is 5.02 Å². The zero-order chi connectivity index (χ0) is 13.7. The van der Waals surface area contributed by atoms with Gasteiger partial charge in [0.2, 0.25) is 0 Å². The Labute approximate surface area is 120 Å². The lowest BCUT2D eigenvalue weighted by atomic mass is 10.3. The maximum Gasteiger partial charge on any atom is 0.126 e. The highest BCUT2D eigenvalue weighted by molar-refractivity contribution is 6.31. The van der Waals surface area contributed by atoms with E-state index in [0.29, 0.717) is 6.10 Å². The standard InChI is InChI=1S/C14H22ClN3O/c1-3-7-16-14-5-4-12(15)13(17-14)10-18-8-6-11(9-18)19-2/h4-5,11H,3,6-10H2,1-2H3,(H,16,17). The SMILES string of the molecule is CCCNc1ccc(Cl)c(CN2CCC(OC)C2)n1. The summed E-state index contributed by atoms with van der Waals surface area (Å²) in [7, 11) is 1.77. The molecule has 106 valence electrons. The molecule has 0 radical (unpaired) electrons. The molecule has 1 saturated heterocycles. The van der Waals surface area contributed by atoms with Crippen molar-refractivity contribution in [3.05, 3.63) is 22.8 Å². The van der Waals surface area contributed by atoms with E-state index in [-0.39, 0.29) is 0 Å². The number of halogens is 1. The number of nitrogens with one attached hydrogen (secondary N) is 1. The van der Waals surface area contributed by atoms with Gasteiger partial charge in [0.05, 0.1) is 16.8 Å². The van der Waals surface area contributed by atoms with Crippen LogP contribution in [-0.2, 0) is 11.3 Å². The minimum absolute atomic E-state index is 0.347. The van der Waals surface area contributed by atoms with E-state index in [1.165, 1.54) is 0 Å². The van der Waals surface area contributed by atoms with E-state index in [1.54, 1.807) is 7.11 Å². The molecule has 2 heterocycles. The van der Waals surface area contributed by atoms with Gasteiger partial charge in [0.25, 0.3) is 0 Å². The third kappa shape index (κ3) is 4.06. The molecule has 0 spiro atoms. The molecule has 1 atom stereocenters. The summed E-state index contributed by atoms with van der Waals surface area (Å²) in [5.74, 6) is 0.906. The summed E-state index contributed by atoms with van der Waals surface area (Å²) in [5, 5.41) is 4.03. The van der Waals surface area contributed by atoms with Crippen molar-refractivity contribution in [2.45, 2.75) is 32.4 Å². The molecule has 0 aliphatic carbocycles. The summed E-state index contributed by atoms with van der Waals surface area (Å²) in [5.41, 5.74) is 0.944. The lowest BCUT2D eigenvalue weighted by Gasteiger charge is -2.16. The second-order valence-corrected chi connectivity index (χ2v) is 5.34. The number of pyridine rings is 1. The molecule has 4 nitrogen and oxygen atoms in total. The van der Waals surface area contributed by atoms with Crippen LogP contribution in [0.5, 0.6) is 0 Å². The van der Waals surface area contributed by atoms with E-state index in [9.17, 15) is 0 Å². The molecule has 1 aliphatic rings. The highest BCUT2D eigenvalue weighted by Gasteiger charge is 2.23. The van der Waals surface area contributed by atoms with Crippen LogP contribution >= 0.6 is 11.6 Å². The fraction of sp³-hybridized carbons (Fsp3) is 0.643. The van der Waals surface area contributed by atoms with E-state index in [4.69, 9.17) is 16.3 Å². The van der Waals surface area contributed by atoms with Gasteiger partial charge in [0.15, 0.2) is 0 Å². The zero-order valence-electron chi connectivity index (χ0n) is 11.7. The molecule has 5 heteroatoms. The summed E-state index contributed by atoms with van der Waals surface area (Å²) in [6.07, 6.45) is 2.52. The fourth-order valence-electron chi connectivity index (χ4n) is 2.29. The lowest BCUT2D eigenvalue weighted by Crippen LogP contribution is -2.23. The van der Waals surface area contributed by atoms with Crippen LogP contribution in [0, 0.1) is 0 Å². The highest BCUT2D eigenvalue weighted by atomic mass is 35.5. The Kier molecular flexibility index (Phi) is 5.43. The normalized spacial score (nSPS) is 19.8. The maximum atomic E-state index is 6.23. The van der Waals surface area contributed by atoms with Crippen LogP contribution < -0.4 is 5.32 Å². The predicted octanol–water partition coefficient (Wildman–Crippen LogP) is 2.78. The summed E-state index contributed by atoms with van der Waals surface area (Å²) >= 11 is 6.23. The van der Waals surface area contributed by atoms with Crippen molar-refractivity contribution in [1.82, 2.24) is 9.88 Å². The van der Waals surface area contributed by atoms with Gasteiger partial charge in [-0.05, 0) is 25.0 Å². The van der Waals surface area contributed by atoms with Crippen LogP contribution in [0.15, 0.2) is 12.1 Å². The molecule has 1 N–H and O–H groups in total. The number of rotatable bonds is 6.